The Labute approximate surface area is 154 Å². The summed E-state index contributed by atoms with van der Waals surface area (Å²) in [6.07, 6.45) is 5.33. The SMILES string of the molecule is CCc1nncn1CCNC(=NC)NCCc1ccccn1.I. The van der Waals surface area contributed by atoms with Gasteiger partial charge in [0, 0.05) is 51.4 Å². The Kier molecular flexibility index (Phi) is 9.18. The summed E-state index contributed by atoms with van der Waals surface area (Å²) >= 11 is 0. The summed E-state index contributed by atoms with van der Waals surface area (Å²) in [5.74, 6) is 1.79. The van der Waals surface area contributed by atoms with Gasteiger partial charge in [0.25, 0.3) is 0 Å². The molecule has 0 amide bonds. The third-order valence-electron chi connectivity index (χ3n) is 3.28. The average molecular weight is 429 g/mol. The number of hydrogen-bond acceptors (Lipinski definition) is 4. The van der Waals surface area contributed by atoms with Crippen LogP contribution in [0.2, 0.25) is 0 Å². The van der Waals surface area contributed by atoms with Crippen molar-refractivity contribution in [2.75, 3.05) is 20.1 Å². The van der Waals surface area contributed by atoms with Crippen molar-refractivity contribution in [1.29, 1.82) is 0 Å². The van der Waals surface area contributed by atoms with E-state index in [9.17, 15) is 0 Å². The van der Waals surface area contributed by atoms with E-state index in [4.69, 9.17) is 0 Å². The number of rotatable bonds is 7. The van der Waals surface area contributed by atoms with Crippen LogP contribution in [0.15, 0.2) is 35.7 Å². The monoisotopic (exact) mass is 429 g/mol. The minimum absolute atomic E-state index is 0. The first-order chi connectivity index (χ1) is 10.8. The fourth-order valence-corrected chi connectivity index (χ4v) is 2.11. The number of nitrogens with zero attached hydrogens (tertiary/aromatic N) is 5. The van der Waals surface area contributed by atoms with E-state index in [1.165, 1.54) is 0 Å². The quantitative estimate of drug-likeness (QED) is 0.394. The molecule has 8 heteroatoms. The molecule has 0 spiro atoms. The van der Waals surface area contributed by atoms with Gasteiger partial charge in [0.05, 0.1) is 0 Å². The first-order valence-corrected chi connectivity index (χ1v) is 7.54. The van der Waals surface area contributed by atoms with Crippen LogP contribution in [0.5, 0.6) is 0 Å². The minimum Gasteiger partial charge on any atom is -0.356 e. The van der Waals surface area contributed by atoms with Gasteiger partial charge in [-0.25, -0.2) is 0 Å². The molecule has 0 atom stereocenters. The lowest BCUT2D eigenvalue weighted by Gasteiger charge is -2.12. The summed E-state index contributed by atoms with van der Waals surface area (Å²) in [7, 11) is 1.77. The van der Waals surface area contributed by atoms with Crippen LogP contribution in [0.1, 0.15) is 18.4 Å². The van der Waals surface area contributed by atoms with E-state index in [0.717, 1.165) is 50.0 Å². The molecule has 0 saturated carbocycles. The molecule has 2 heterocycles. The van der Waals surface area contributed by atoms with E-state index < -0.39 is 0 Å². The number of guanidine groups is 1. The number of aliphatic imine (C=N–C) groups is 1. The van der Waals surface area contributed by atoms with Gasteiger partial charge in [-0.1, -0.05) is 13.0 Å². The maximum absolute atomic E-state index is 4.30. The van der Waals surface area contributed by atoms with Gasteiger partial charge in [-0.3, -0.25) is 9.98 Å². The second-order valence-electron chi connectivity index (χ2n) is 4.79. The topological polar surface area (TPSA) is 80.0 Å². The van der Waals surface area contributed by atoms with Gasteiger partial charge in [-0.2, -0.15) is 0 Å². The molecule has 0 unspecified atom stereocenters. The zero-order valence-electron chi connectivity index (χ0n) is 13.6. The number of nitrogens with one attached hydrogen (secondary N) is 2. The van der Waals surface area contributed by atoms with Crippen molar-refractivity contribution in [2.45, 2.75) is 26.3 Å². The lowest BCUT2D eigenvalue weighted by atomic mass is 10.3. The van der Waals surface area contributed by atoms with Crippen molar-refractivity contribution >= 4 is 29.9 Å². The summed E-state index contributed by atoms with van der Waals surface area (Å²) in [6.45, 7) is 4.46. The molecular formula is C15H24IN7. The fraction of sp³-hybridized carbons (Fsp3) is 0.467. The first kappa shape index (κ1) is 19.3. The molecule has 0 bridgehead atoms. The number of aryl methyl sites for hydroxylation is 1. The molecule has 0 saturated heterocycles. The van der Waals surface area contributed by atoms with Gasteiger partial charge in [0.15, 0.2) is 5.96 Å². The van der Waals surface area contributed by atoms with Crippen molar-refractivity contribution < 1.29 is 0 Å². The maximum Gasteiger partial charge on any atom is 0.191 e. The van der Waals surface area contributed by atoms with Gasteiger partial charge >= 0.3 is 0 Å². The van der Waals surface area contributed by atoms with E-state index in [0.29, 0.717) is 0 Å². The van der Waals surface area contributed by atoms with Crippen LogP contribution in [-0.2, 0) is 19.4 Å². The lowest BCUT2D eigenvalue weighted by molar-refractivity contribution is 0.632. The molecule has 0 aliphatic heterocycles. The molecule has 0 aliphatic rings. The molecule has 2 N–H and O–H groups in total. The van der Waals surface area contributed by atoms with E-state index in [2.05, 4.69) is 37.7 Å². The molecule has 2 aromatic heterocycles. The van der Waals surface area contributed by atoms with Gasteiger partial charge < -0.3 is 15.2 Å². The van der Waals surface area contributed by atoms with Crippen molar-refractivity contribution in [2.24, 2.45) is 4.99 Å². The molecule has 2 rings (SSSR count). The second-order valence-corrected chi connectivity index (χ2v) is 4.79. The highest BCUT2D eigenvalue weighted by atomic mass is 127. The van der Waals surface area contributed by atoms with E-state index in [-0.39, 0.29) is 24.0 Å². The zero-order chi connectivity index (χ0) is 15.6. The molecule has 0 radical (unpaired) electrons. The van der Waals surface area contributed by atoms with Crippen molar-refractivity contribution in [1.82, 2.24) is 30.4 Å². The zero-order valence-corrected chi connectivity index (χ0v) is 15.9. The minimum atomic E-state index is 0. The number of pyridine rings is 1. The molecule has 0 aliphatic carbocycles. The summed E-state index contributed by atoms with van der Waals surface area (Å²) in [5, 5.41) is 14.6. The number of hydrogen-bond donors (Lipinski definition) is 2. The predicted molar refractivity (Wildman–Crippen MR) is 102 cm³/mol. The van der Waals surface area contributed by atoms with Crippen LogP contribution < -0.4 is 10.6 Å². The molecule has 0 aromatic carbocycles. The first-order valence-electron chi connectivity index (χ1n) is 7.54. The largest absolute Gasteiger partial charge is 0.356 e. The van der Waals surface area contributed by atoms with Crippen molar-refractivity contribution in [3.8, 4) is 0 Å². The van der Waals surface area contributed by atoms with Crippen LogP contribution in [0.3, 0.4) is 0 Å². The highest BCUT2D eigenvalue weighted by Gasteiger charge is 2.02. The second kappa shape index (κ2) is 10.9. The predicted octanol–water partition coefficient (Wildman–Crippen LogP) is 1.26. The third-order valence-corrected chi connectivity index (χ3v) is 3.28. The van der Waals surface area contributed by atoms with Crippen LogP contribution in [-0.4, -0.2) is 45.8 Å². The summed E-state index contributed by atoms with van der Waals surface area (Å²) < 4.78 is 2.05. The van der Waals surface area contributed by atoms with Crippen LogP contribution >= 0.6 is 24.0 Å². The van der Waals surface area contributed by atoms with Crippen LogP contribution in [0.25, 0.3) is 0 Å². The summed E-state index contributed by atoms with van der Waals surface area (Å²) in [6, 6.07) is 5.95. The highest BCUT2D eigenvalue weighted by molar-refractivity contribution is 14.0. The molecule has 126 valence electrons. The molecule has 0 fully saturated rings. The molecule has 23 heavy (non-hydrogen) atoms. The van der Waals surface area contributed by atoms with Gasteiger partial charge in [0.1, 0.15) is 12.2 Å². The number of aromatic nitrogens is 4. The Balaban J connectivity index is 0.00000264. The number of halogens is 1. The molecule has 2 aromatic rings. The van der Waals surface area contributed by atoms with Gasteiger partial charge in [-0.15, -0.1) is 34.2 Å². The maximum atomic E-state index is 4.30. The van der Waals surface area contributed by atoms with E-state index >= 15 is 0 Å². The van der Waals surface area contributed by atoms with Gasteiger partial charge in [0.2, 0.25) is 0 Å². The van der Waals surface area contributed by atoms with Crippen molar-refractivity contribution in [3.05, 3.63) is 42.2 Å². The Morgan fingerprint density at radius 1 is 1.26 bits per heavy atom. The van der Waals surface area contributed by atoms with Crippen LogP contribution in [0.4, 0.5) is 0 Å². The summed E-state index contributed by atoms with van der Waals surface area (Å²) in [5.41, 5.74) is 1.07. The Bertz CT molecular complexity index is 583. The lowest BCUT2D eigenvalue weighted by Crippen LogP contribution is -2.39. The normalized spacial score (nSPS) is 11.0. The molecule has 7 nitrogen and oxygen atoms in total. The summed E-state index contributed by atoms with van der Waals surface area (Å²) in [4.78, 5) is 8.51. The third kappa shape index (κ3) is 6.51. The van der Waals surface area contributed by atoms with Crippen molar-refractivity contribution in [3.63, 3.8) is 0 Å². The average Bonchev–Trinajstić information content (AvgIpc) is 3.02. The standard InChI is InChI=1S/C15H23N7.HI/c1-3-14-21-20-12-22(14)11-10-19-15(16-2)18-9-7-13-6-4-5-8-17-13;/h4-6,8,12H,3,7,9-11H2,1-2H3,(H2,16,18,19);1H. The highest BCUT2D eigenvalue weighted by Crippen LogP contribution is 1.95. The Morgan fingerprint density at radius 2 is 2.09 bits per heavy atom. The van der Waals surface area contributed by atoms with E-state index in [1.54, 1.807) is 13.4 Å². The Morgan fingerprint density at radius 3 is 2.78 bits per heavy atom. The molecular weight excluding hydrogens is 405 g/mol. The Hall–Kier alpha value is -1.71. The van der Waals surface area contributed by atoms with Gasteiger partial charge in [-0.05, 0) is 12.1 Å². The smallest absolute Gasteiger partial charge is 0.191 e. The van der Waals surface area contributed by atoms with Crippen LogP contribution in [0, 0.1) is 0 Å². The van der Waals surface area contributed by atoms with E-state index in [1.807, 2.05) is 29.0 Å². The fourth-order valence-electron chi connectivity index (χ4n) is 2.11.